The molecule has 0 aliphatic carbocycles. The summed E-state index contributed by atoms with van der Waals surface area (Å²) in [5.74, 6) is -0.413. The molecule has 2 heterocycles. The molecule has 144 valence electrons. The van der Waals surface area contributed by atoms with Crippen LogP contribution in [0.1, 0.15) is 18.9 Å². The summed E-state index contributed by atoms with van der Waals surface area (Å²) in [7, 11) is -3.83. The molecule has 2 aliphatic rings. The van der Waals surface area contributed by atoms with Crippen LogP contribution in [0.15, 0.2) is 40.8 Å². The third kappa shape index (κ3) is 5.29. The average molecular weight is 393 g/mol. The zero-order valence-corrected chi connectivity index (χ0v) is 14.7. The highest BCUT2D eigenvalue weighted by Crippen LogP contribution is 2.28. The fourth-order valence-corrected chi connectivity index (χ4v) is 3.77. The monoisotopic (exact) mass is 393 g/mol. The number of fused-ring (bicyclic) bond motifs is 3. The number of hydrogen-bond donors (Lipinski definition) is 0. The first-order valence-electron chi connectivity index (χ1n) is 7.77. The number of benzene rings is 1. The second kappa shape index (κ2) is 8.65. The van der Waals surface area contributed by atoms with E-state index in [0.717, 1.165) is 5.56 Å². The van der Waals surface area contributed by atoms with Crippen LogP contribution in [-0.2, 0) is 30.4 Å². The highest BCUT2D eigenvalue weighted by Gasteiger charge is 2.34. The second-order valence-electron chi connectivity index (χ2n) is 5.48. The summed E-state index contributed by atoms with van der Waals surface area (Å²) in [6.07, 6.45) is 1.28. The lowest BCUT2D eigenvalue weighted by molar-refractivity contribution is -0.139. The lowest BCUT2D eigenvalue weighted by atomic mass is 10.1. The van der Waals surface area contributed by atoms with Crippen LogP contribution in [0, 0.1) is 0 Å². The predicted octanol–water partition coefficient (Wildman–Crippen LogP) is 2.61. The van der Waals surface area contributed by atoms with Crippen LogP contribution in [0.5, 0.6) is 0 Å². The van der Waals surface area contributed by atoms with Crippen LogP contribution in [0.2, 0.25) is 0 Å². The van der Waals surface area contributed by atoms with Crippen LogP contribution < -0.4 is 0 Å². The van der Waals surface area contributed by atoms with Gasteiger partial charge < -0.3 is 4.74 Å². The van der Waals surface area contributed by atoms with Gasteiger partial charge in [-0.1, -0.05) is 18.2 Å². The third-order valence-electron chi connectivity index (χ3n) is 3.72. The van der Waals surface area contributed by atoms with E-state index in [9.17, 15) is 26.4 Å². The summed E-state index contributed by atoms with van der Waals surface area (Å²) in [6.45, 7) is -0.635. The topological polar surface area (TPSA) is 72.9 Å². The smallest absolute Gasteiger partial charge is 0.379 e. The molecule has 0 saturated carbocycles. The van der Waals surface area contributed by atoms with E-state index in [-0.39, 0.29) is 17.9 Å². The van der Waals surface area contributed by atoms with Gasteiger partial charge in [0, 0.05) is 25.1 Å². The number of nitrogens with zero attached hydrogens (tertiary/aromatic N) is 1. The molecule has 0 amide bonds. The normalized spacial score (nSPS) is 21.4. The van der Waals surface area contributed by atoms with E-state index in [4.69, 9.17) is 8.92 Å². The maximum atomic E-state index is 12.3. The molecule has 1 aromatic rings. The maximum Gasteiger partial charge on any atom is 0.379 e. The lowest BCUT2D eigenvalue weighted by Gasteiger charge is -2.35. The summed E-state index contributed by atoms with van der Waals surface area (Å²) in [5.41, 5.74) is 1.37. The van der Waals surface area contributed by atoms with Gasteiger partial charge in [0.05, 0.1) is 11.5 Å². The largest absolute Gasteiger partial charge is 0.463 e. The molecule has 0 aromatic heterocycles. The van der Waals surface area contributed by atoms with Crippen molar-refractivity contribution in [2.75, 3.05) is 13.2 Å². The van der Waals surface area contributed by atoms with Gasteiger partial charge in [-0.05, 0) is 24.6 Å². The van der Waals surface area contributed by atoms with Crippen molar-refractivity contribution < 1.29 is 35.3 Å². The van der Waals surface area contributed by atoms with Gasteiger partial charge >= 0.3 is 12.6 Å². The van der Waals surface area contributed by atoms with E-state index in [1.165, 1.54) is 6.07 Å². The molecule has 0 fully saturated rings. The van der Waals surface area contributed by atoms with E-state index >= 15 is 0 Å². The first-order chi connectivity index (χ1) is 12.2. The van der Waals surface area contributed by atoms with Crippen molar-refractivity contribution in [2.24, 2.45) is 0 Å². The van der Waals surface area contributed by atoms with Crippen LogP contribution in [-0.4, -0.2) is 45.3 Å². The third-order valence-corrected chi connectivity index (χ3v) is 5.03. The van der Waals surface area contributed by atoms with Gasteiger partial charge in [0.25, 0.3) is 10.1 Å². The number of carbonyl (C=O) groups is 1. The Morgan fingerprint density at radius 2 is 2.08 bits per heavy atom. The molecular formula is C16H18F3NO5S. The summed E-state index contributed by atoms with van der Waals surface area (Å²) in [6, 6.07) is 6.72. The Labute approximate surface area is 149 Å². The molecule has 0 saturated heterocycles. The molecule has 2 bridgehead atoms. The van der Waals surface area contributed by atoms with E-state index < -0.39 is 29.0 Å². The Morgan fingerprint density at radius 3 is 2.73 bits per heavy atom. The van der Waals surface area contributed by atoms with E-state index in [2.05, 4.69) is 0 Å². The van der Waals surface area contributed by atoms with E-state index in [1.807, 2.05) is 11.0 Å². The van der Waals surface area contributed by atoms with Crippen molar-refractivity contribution in [1.29, 1.82) is 0 Å². The van der Waals surface area contributed by atoms with E-state index in [1.54, 1.807) is 25.1 Å². The van der Waals surface area contributed by atoms with Crippen molar-refractivity contribution in [3.63, 3.8) is 0 Å². The molecule has 10 heteroatoms. The number of alkyl halides is 3. The Kier molecular flexibility index (Phi) is 6.79. The molecule has 0 radical (unpaired) electrons. The van der Waals surface area contributed by atoms with Crippen molar-refractivity contribution in [1.82, 2.24) is 4.90 Å². The number of halogens is 3. The van der Waals surface area contributed by atoms with E-state index in [0.29, 0.717) is 18.7 Å². The van der Waals surface area contributed by atoms with Gasteiger partial charge in [0.2, 0.25) is 0 Å². The van der Waals surface area contributed by atoms with Gasteiger partial charge in [-0.15, -0.1) is 0 Å². The van der Waals surface area contributed by atoms with Gasteiger partial charge in [-0.25, -0.2) is 8.98 Å². The van der Waals surface area contributed by atoms with Gasteiger partial charge in [-0.2, -0.15) is 21.6 Å². The van der Waals surface area contributed by atoms with Gasteiger partial charge in [0.15, 0.2) is 0 Å². The fraction of sp³-hybridized carbons (Fsp3) is 0.438. The second-order valence-corrected chi connectivity index (χ2v) is 7.06. The zero-order chi connectivity index (χ0) is 19.3. The fourth-order valence-electron chi connectivity index (χ4n) is 2.63. The SMILES string of the molecule is CCOC(=O)C1=CCN2Cc3cccc(c3)S(=O)(=O)OC2C1.FC(F)F. The number of ether oxygens (including phenoxy) is 1. The molecule has 1 aromatic carbocycles. The van der Waals surface area contributed by atoms with Crippen LogP contribution >= 0.6 is 0 Å². The minimum Gasteiger partial charge on any atom is -0.463 e. The predicted molar refractivity (Wildman–Crippen MR) is 85.4 cm³/mol. The summed E-state index contributed by atoms with van der Waals surface area (Å²) < 4.78 is 63.9. The molecule has 1 unspecified atom stereocenters. The van der Waals surface area contributed by atoms with Gasteiger partial charge in [-0.3, -0.25) is 4.90 Å². The van der Waals surface area contributed by atoms with Crippen molar-refractivity contribution in [3.05, 3.63) is 41.5 Å². The van der Waals surface area contributed by atoms with Crippen molar-refractivity contribution in [3.8, 4) is 0 Å². The average Bonchev–Trinajstić information content (AvgIpc) is 2.55. The Bertz CT molecular complexity index is 779. The highest BCUT2D eigenvalue weighted by atomic mass is 32.2. The van der Waals surface area contributed by atoms with Gasteiger partial charge in [0.1, 0.15) is 6.23 Å². The van der Waals surface area contributed by atoms with Crippen LogP contribution in [0.3, 0.4) is 0 Å². The highest BCUT2D eigenvalue weighted by molar-refractivity contribution is 7.86. The molecule has 2 aliphatic heterocycles. The van der Waals surface area contributed by atoms with Crippen molar-refractivity contribution >= 4 is 16.1 Å². The number of rotatable bonds is 2. The Balaban J connectivity index is 0.000000552. The molecule has 0 N–H and O–H groups in total. The Morgan fingerprint density at radius 1 is 1.38 bits per heavy atom. The number of esters is 1. The summed E-state index contributed by atoms with van der Waals surface area (Å²) >= 11 is 0. The maximum absolute atomic E-state index is 12.3. The quantitative estimate of drug-likeness (QED) is 0.568. The molecule has 26 heavy (non-hydrogen) atoms. The standard InChI is InChI=1S/C15H17NO5S.CHF3/c1-2-20-15(17)12-6-7-16-10-11-4-3-5-13(8-11)22(18,19)21-14(16)9-12;2-1(3)4/h3-6,8,14H,2,7,9-10H2,1H3;1H. The molecule has 0 spiro atoms. The molecule has 6 nitrogen and oxygen atoms in total. The minimum atomic E-state index is -3.83. The van der Waals surface area contributed by atoms with Crippen LogP contribution in [0.4, 0.5) is 13.2 Å². The number of carbonyl (C=O) groups excluding carboxylic acids is 1. The zero-order valence-electron chi connectivity index (χ0n) is 13.9. The Hall–Kier alpha value is -1.91. The summed E-state index contributed by atoms with van der Waals surface area (Å²) in [5, 5.41) is 0. The molecule has 3 rings (SSSR count). The van der Waals surface area contributed by atoms with Crippen molar-refractivity contribution in [2.45, 2.75) is 37.7 Å². The molecule has 1 atom stereocenters. The lowest BCUT2D eigenvalue weighted by Crippen LogP contribution is -2.43. The number of hydrogen-bond acceptors (Lipinski definition) is 6. The minimum absolute atomic E-state index is 0.150. The summed E-state index contributed by atoms with van der Waals surface area (Å²) in [4.78, 5) is 13.9. The molecular weight excluding hydrogens is 375 g/mol. The first kappa shape index (κ1) is 20.4. The van der Waals surface area contributed by atoms with Crippen LogP contribution in [0.25, 0.3) is 0 Å². The first-order valence-corrected chi connectivity index (χ1v) is 9.18.